The van der Waals surface area contributed by atoms with Gasteiger partial charge < -0.3 is 10.2 Å². The Balaban J connectivity index is 2.03. The van der Waals surface area contributed by atoms with Crippen LogP contribution < -0.4 is 5.32 Å². The second-order valence-electron chi connectivity index (χ2n) is 6.19. The summed E-state index contributed by atoms with van der Waals surface area (Å²) in [5.41, 5.74) is -0.618. The molecular weight excluding hydrogens is 362 g/mol. The minimum absolute atomic E-state index is 0.0548. The fourth-order valence-electron chi connectivity index (χ4n) is 2.72. The lowest BCUT2D eigenvalue weighted by molar-refractivity contribution is -0.385. The van der Waals surface area contributed by atoms with E-state index in [9.17, 15) is 28.1 Å². The molecule has 1 aromatic rings. The number of piperidine rings is 1. The Hall–Kier alpha value is -2.49. The SMILES string of the molecule is CS(=O)(=O)c1cc(C(=O)NCCC(=O)N2CCCCC2)cc([N+](=O)[O-])c1. The average molecular weight is 383 g/mol. The predicted octanol–water partition coefficient (Wildman–Crippen LogP) is 1.13. The molecule has 0 aliphatic carbocycles. The van der Waals surface area contributed by atoms with Gasteiger partial charge in [0.05, 0.1) is 9.82 Å². The van der Waals surface area contributed by atoms with Gasteiger partial charge in [0.15, 0.2) is 9.84 Å². The van der Waals surface area contributed by atoms with Crippen LogP contribution in [0.25, 0.3) is 0 Å². The summed E-state index contributed by atoms with van der Waals surface area (Å²) in [5, 5.41) is 13.5. The van der Waals surface area contributed by atoms with Crippen molar-refractivity contribution in [2.24, 2.45) is 0 Å². The van der Waals surface area contributed by atoms with Crippen LogP contribution >= 0.6 is 0 Å². The maximum atomic E-state index is 12.2. The molecule has 2 rings (SSSR count). The highest BCUT2D eigenvalue weighted by Crippen LogP contribution is 2.21. The number of carbonyl (C=O) groups is 2. The van der Waals surface area contributed by atoms with Gasteiger partial charge in [-0.15, -0.1) is 0 Å². The Bertz CT molecular complexity index is 815. The number of nitrogens with one attached hydrogen (secondary N) is 1. The van der Waals surface area contributed by atoms with Crippen molar-refractivity contribution in [2.75, 3.05) is 25.9 Å². The molecule has 1 heterocycles. The Morgan fingerprint density at radius 1 is 1.19 bits per heavy atom. The first kappa shape index (κ1) is 19.8. The number of carbonyl (C=O) groups excluding carboxylic acids is 2. The Labute approximate surface area is 151 Å². The Morgan fingerprint density at radius 2 is 1.85 bits per heavy atom. The van der Waals surface area contributed by atoms with Gasteiger partial charge in [0.25, 0.3) is 11.6 Å². The maximum absolute atomic E-state index is 12.2. The van der Waals surface area contributed by atoms with Crippen molar-refractivity contribution in [2.45, 2.75) is 30.6 Å². The first-order chi connectivity index (χ1) is 12.2. The maximum Gasteiger partial charge on any atom is 0.271 e. The summed E-state index contributed by atoms with van der Waals surface area (Å²) in [5.74, 6) is -0.717. The van der Waals surface area contributed by atoms with Gasteiger partial charge in [-0.1, -0.05) is 0 Å². The molecule has 0 aromatic heterocycles. The first-order valence-electron chi connectivity index (χ1n) is 8.24. The third kappa shape index (κ3) is 5.25. The molecule has 26 heavy (non-hydrogen) atoms. The number of hydrogen-bond acceptors (Lipinski definition) is 6. The van der Waals surface area contributed by atoms with Crippen LogP contribution in [0.1, 0.15) is 36.0 Å². The smallest absolute Gasteiger partial charge is 0.271 e. The lowest BCUT2D eigenvalue weighted by atomic mass is 10.1. The molecule has 0 bridgehead atoms. The van der Waals surface area contributed by atoms with E-state index in [-0.39, 0.29) is 29.3 Å². The van der Waals surface area contributed by atoms with Crippen molar-refractivity contribution < 1.29 is 22.9 Å². The first-order valence-corrected chi connectivity index (χ1v) is 10.1. The van der Waals surface area contributed by atoms with E-state index in [0.717, 1.165) is 56.8 Å². The molecule has 1 fully saturated rings. The van der Waals surface area contributed by atoms with E-state index in [1.165, 1.54) is 0 Å². The minimum atomic E-state index is -3.71. The zero-order valence-corrected chi connectivity index (χ0v) is 15.3. The van der Waals surface area contributed by atoms with Gasteiger partial charge in [0.1, 0.15) is 0 Å². The molecule has 142 valence electrons. The molecule has 0 unspecified atom stereocenters. The molecular formula is C16H21N3O6S. The number of amides is 2. The monoisotopic (exact) mass is 383 g/mol. The van der Waals surface area contributed by atoms with Crippen molar-refractivity contribution in [1.82, 2.24) is 10.2 Å². The number of hydrogen-bond donors (Lipinski definition) is 1. The standard InChI is InChI=1S/C16H21N3O6S/c1-26(24,25)14-10-12(9-13(11-14)19(22)23)16(21)17-6-5-15(20)18-7-3-2-4-8-18/h9-11H,2-8H2,1H3,(H,17,21). The number of likely N-dealkylation sites (tertiary alicyclic amines) is 1. The Kier molecular flexibility index (Phi) is 6.30. The van der Waals surface area contributed by atoms with Crippen LogP contribution in [0.3, 0.4) is 0 Å². The van der Waals surface area contributed by atoms with Gasteiger partial charge in [-0.3, -0.25) is 19.7 Å². The highest BCUT2D eigenvalue weighted by atomic mass is 32.2. The molecule has 0 radical (unpaired) electrons. The van der Waals surface area contributed by atoms with Gasteiger partial charge in [0.2, 0.25) is 5.91 Å². The number of sulfone groups is 1. The molecule has 1 aromatic carbocycles. The van der Waals surface area contributed by atoms with Crippen molar-refractivity contribution in [1.29, 1.82) is 0 Å². The van der Waals surface area contributed by atoms with Gasteiger partial charge in [-0.2, -0.15) is 0 Å². The van der Waals surface area contributed by atoms with Crippen molar-refractivity contribution >= 4 is 27.3 Å². The zero-order chi connectivity index (χ0) is 19.3. The van der Waals surface area contributed by atoms with E-state index < -0.39 is 26.4 Å². The molecule has 1 N–H and O–H groups in total. The molecule has 2 amide bonds. The van der Waals surface area contributed by atoms with E-state index in [4.69, 9.17) is 0 Å². The van der Waals surface area contributed by atoms with Gasteiger partial charge in [0, 0.05) is 50.0 Å². The largest absolute Gasteiger partial charge is 0.352 e. The molecule has 0 atom stereocenters. The molecule has 0 saturated carbocycles. The zero-order valence-electron chi connectivity index (χ0n) is 14.4. The van der Waals surface area contributed by atoms with Crippen LogP contribution in [0, 0.1) is 10.1 Å². The van der Waals surface area contributed by atoms with Crippen LogP contribution in [0.4, 0.5) is 5.69 Å². The van der Waals surface area contributed by atoms with Gasteiger partial charge >= 0.3 is 0 Å². The van der Waals surface area contributed by atoms with E-state index in [1.54, 1.807) is 4.90 Å². The van der Waals surface area contributed by atoms with E-state index in [1.807, 2.05) is 0 Å². The lowest BCUT2D eigenvalue weighted by Gasteiger charge is -2.26. The van der Waals surface area contributed by atoms with Crippen molar-refractivity contribution in [3.05, 3.63) is 33.9 Å². The third-order valence-electron chi connectivity index (χ3n) is 4.13. The quantitative estimate of drug-likeness (QED) is 0.579. The highest BCUT2D eigenvalue weighted by molar-refractivity contribution is 7.90. The van der Waals surface area contributed by atoms with Crippen LogP contribution in [-0.2, 0) is 14.6 Å². The summed E-state index contributed by atoms with van der Waals surface area (Å²) in [6.45, 7) is 1.51. The summed E-state index contributed by atoms with van der Waals surface area (Å²) >= 11 is 0. The fraction of sp³-hybridized carbons (Fsp3) is 0.500. The molecule has 10 heteroatoms. The van der Waals surface area contributed by atoms with E-state index >= 15 is 0 Å². The van der Waals surface area contributed by atoms with Crippen LogP contribution in [0.5, 0.6) is 0 Å². The number of nitrogens with zero attached hydrogens (tertiary/aromatic N) is 2. The molecule has 1 aliphatic heterocycles. The summed E-state index contributed by atoms with van der Waals surface area (Å²) in [6.07, 6.45) is 4.08. The fourth-order valence-corrected chi connectivity index (χ4v) is 3.40. The number of benzene rings is 1. The molecule has 1 saturated heterocycles. The average Bonchev–Trinajstić information content (AvgIpc) is 2.61. The van der Waals surface area contributed by atoms with Crippen LogP contribution in [0.2, 0.25) is 0 Å². The third-order valence-corrected chi connectivity index (χ3v) is 5.22. The number of non-ortho nitro benzene ring substituents is 1. The van der Waals surface area contributed by atoms with E-state index in [2.05, 4.69) is 5.32 Å². The second kappa shape index (κ2) is 8.26. The van der Waals surface area contributed by atoms with Gasteiger partial charge in [-0.25, -0.2) is 8.42 Å². The lowest BCUT2D eigenvalue weighted by Crippen LogP contribution is -2.37. The minimum Gasteiger partial charge on any atom is -0.352 e. The van der Waals surface area contributed by atoms with Crippen molar-refractivity contribution in [3.8, 4) is 0 Å². The predicted molar refractivity (Wildman–Crippen MR) is 93.6 cm³/mol. The van der Waals surface area contributed by atoms with E-state index in [0.29, 0.717) is 0 Å². The molecule has 9 nitrogen and oxygen atoms in total. The number of rotatable bonds is 6. The summed E-state index contributed by atoms with van der Waals surface area (Å²) in [4.78, 5) is 35.9. The summed E-state index contributed by atoms with van der Waals surface area (Å²) in [6, 6.07) is 3.01. The van der Waals surface area contributed by atoms with Crippen LogP contribution in [-0.4, -0.2) is 55.9 Å². The normalized spacial score (nSPS) is 14.7. The number of nitro benzene ring substituents is 1. The Morgan fingerprint density at radius 3 is 2.42 bits per heavy atom. The second-order valence-corrected chi connectivity index (χ2v) is 8.21. The molecule has 1 aliphatic rings. The van der Waals surface area contributed by atoms with Gasteiger partial charge in [-0.05, 0) is 25.3 Å². The van der Waals surface area contributed by atoms with Crippen molar-refractivity contribution in [3.63, 3.8) is 0 Å². The molecule has 0 spiro atoms. The summed E-state index contributed by atoms with van der Waals surface area (Å²) in [7, 11) is -3.71. The topological polar surface area (TPSA) is 127 Å². The highest BCUT2D eigenvalue weighted by Gasteiger charge is 2.20. The number of nitro groups is 1. The summed E-state index contributed by atoms with van der Waals surface area (Å²) < 4.78 is 23.3. The van der Waals surface area contributed by atoms with Crippen LogP contribution in [0.15, 0.2) is 23.1 Å².